The van der Waals surface area contributed by atoms with Crippen LogP contribution in [0.15, 0.2) is 29.1 Å². The highest BCUT2D eigenvalue weighted by Crippen LogP contribution is 2.03. The van der Waals surface area contributed by atoms with Gasteiger partial charge in [-0.25, -0.2) is 0 Å². The summed E-state index contributed by atoms with van der Waals surface area (Å²) in [6, 6.07) is 7.22. The Morgan fingerprint density at radius 3 is 3.11 bits per heavy atom. The van der Waals surface area contributed by atoms with E-state index in [-0.39, 0.29) is 11.7 Å². The molecule has 2 heterocycles. The summed E-state index contributed by atoms with van der Waals surface area (Å²) in [5.41, 5.74) is 0.510. The Hall–Kier alpha value is -1.79. The van der Waals surface area contributed by atoms with Crippen LogP contribution in [-0.2, 0) is 6.67 Å². The van der Waals surface area contributed by atoms with Crippen LogP contribution in [0.1, 0.15) is 12.8 Å². The van der Waals surface area contributed by atoms with E-state index in [1.165, 1.54) is 9.58 Å². The first kappa shape index (κ1) is 12.3. The third-order valence-electron chi connectivity index (χ3n) is 3.59. The van der Waals surface area contributed by atoms with Crippen LogP contribution in [0.2, 0.25) is 0 Å². The molecule has 1 aromatic heterocycles. The van der Waals surface area contributed by atoms with Crippen molar-refractivity contribution in [2.45, 2.75) is 25.6 Å². The van der Waals surface area contributed by atoms with Crippen LogP contribution in [0, 0.1) is 0 Å². The molecule has 100 valence electrons. The molecule has 0 saturated carbocycles. The molecule has 1 unspecified atom stereocenters. The van der Waals surface area contributed by atoms with Crippen LogP contribution in [0.3, 0.4) is 0 Å². The van der Waals surface area contributed by atoms with Crippen molar-refractivity contribution in [1.82, 2.24) is 15.0 Å². The lowest BCUT2D eigenvalue weighted by atomic mass is 10.1. The predicted octanol–water partition coefficient (Wildman–Crippen LogP) is -1.21. The summed E-state index contributed by atoms with van der Waals surface area (Å²) in [5, 5.41) is 18.3. The molecule has 0 spiro atoms. The van der Waals surface area contributed by atoms with E-state index in [0.717, 1.165) is 19.4 Å². The van der Waals surface area contributed by atoms with E-state index >= 15 is 0 Å². The molecule has 1 saturated heterocycles. The molecule has 1 fully saturated rings. The zero-order valence-corrected chi connectivity index (χ0v) is 10.6. The fourth-order valence-corrected chi connectivity index (χ4v) is 2.61. The maximum atomic E-state index is 12.3. The number of fused-ring (bicyclic) bond motifs is 1. The first-order chi connectivity index (χ1) is 9.24. The van der Waals surface area contributed by atoms with Crippen molar-refractivity contribution >= 4 is 10.9 Å². The van der Waals surface area contributed by atoms with Gasteiger partial charge in [0.15, 0.2) is 6.67 Å². The van der Waals surface area contributed by atoms with Crippen LogP contribution in [0.25, 0.3) is 10.9 Å². The van der Waals surface area contributed by atoms with Crippen LogP contribution in [-0.4, -0.2) is 39.3 Å². The smallest absolute Gasteiger partial charge is 0.282 e. The van der Waals surface area contributed by atoms with Gasteiger partial charge in [0, 0.05) is 0 Å². The van der Waals surface area contributed by atoms with Gasteiger partial charge in [0.2, 0.25) is 0 Å². The first-order valence-electron chi connectivity index (χ1n) is 6.58. The monoisotopic (exact) mass is 261 g/mol. The van der Waals surface area contributed by atoms with Crippen molar-refractivity contribution in [3.63, 3.8) is 0 Å². The maximum Gasteiger partial charge on any atom is 0.282 e. The third kappa shape index (κ3) is 2.50. The third-order valence-corrected chi connectivity index (χ3v) is 3.59. The SMILES string of the molecule is O=c1c2ccccc2nnn1C[NH+]1CCC[C@H](O)C1. The number of piperidine rings is 1. The molecule has 3 rings (SSSR count). The van der Waals surface area contributed by atoms with Gasteiger partial charge in [0.1, 0.15) is 18.2 Å². The van der Waals surface area contributed by atoms with Gasteiger partial charge in [-0.15, -0.1) is 5.10 Å². The zero-order chi connectivity index (χ0) is 13.2. The lowest BCUT2D eigenvalue weighted by Crippen LogP contribution is -3.13. The summed E-state index contributed by atoms with van der Waals surface area (Å²) in [4.78, 5) is 13.4. The Morgan fingerprint density at radius 2 is 2.26 bits per heavy atom. The number of aliphatic hydroxyl groups excluding tert-OH is 1. The lowest BCUT2D eigenvalue weighted by molar-refractivity contribution is -0.931. The van der Waals surface area contributed by atoms with Crippen LogP contribution >= 0.6 is 0 Å². The molecule has 2 N–H and O–H groups in total. The second kappa shape index (κ2) is 5.07. The van der Waals surface area contributed by atoms with Gasteiger partial charge in [-0.1, -0.05) is 17.3 Å². The molecular formula is C13H17N4O2+. The number of nitrogens with one attached hydrogen (secondary N) is 1. The summed E-state index contributed by atoms with van der Waals surface area (Å²) in [5.74, 6) is 0. The van der Waals surface area contributed by atoms with Gasteiger partial charge in [0.05, 0.1) is 11.9 Å². The molecule has 1 aliphatic heterocycles. The topological polar surface area (TPSA) is 72.5 Å². The highest BCUT2D eigenvalue weighted by Gasteiger charge is 2.22. The van der Waals surface area contributed by atoms with E-state index in [2.05, 4.69) is 10.3 Å². The highest BCUT2D eigenvalue weighted by molar-refractivity contribution is 5.76. The number of hydrogen-bond acceptors (Lipinski definition) is 4. The van der Waals surface area contributed by atoms with Crippen molar-refractivity contribution in [1.29, 1.82) is 0 Å². The Bertz CT molecular complexity index is 640. The van der Waals surface area contributed by atoms with Crippen LogP contribution in [0.4, 0.5) is 0 Å². The fraction of sp³-hybridized carbons (Fsp3) is 0.462. The van der Waals surface area contributed by atoms with Crippen molar-refractivity contribution in [2.75, 3.05) is 13.1 Å². The van der Waals surface area contributed by atoms with E-state index in [9.17, 15) is 9.90 Å². The average Bonchev–Trinajstić information content (AvgIpc) is 2.42. The normalized spacial score (nSPS) is 23.6. The van der Waals surface area contributed by atoms with E-state index in [4.69, 9.17) is 0 Å². The minimum absolute atomic E-state index is 0.113. The lowest BCUT2D eigenvalue weighted by Gasteiger charge is -2.26. The second-order valence-corrected chi connectivity index (χ2v) is 5.07. The number of aliphatic hydroxyl groups is 1. The molecule has 0 amide bonds. The number of likely N-dealkylation sites (tertiary alicyclic amines) is 1. The maximum absolute atomic E-state index is 12.3. The quantitative estimate of drug-likeness (QED) is 0.711. The second-order valence-electron chi connectivity index (χ2n) is 5.07. The van der Waals surface area contributed by atoms with Gasteiger partial charge in [-0.3, -0.25) is 4.79 Å². The average molecular weight is 261 g/mol. The molecule has 6 heteroatoms. The Labute approximate surface area is 110 Å². The minimum Gasteiger partial charge on any atom is -0.387 e. The highest BCUT2D eigenvalue weighted by atomic mass is 16.3. The Morgan fingerprint density at radius 1 is 1.42 bits per heavy atom. The van der Waals surface area contributed by atoms with Crippen molar-refractivity contribution in [2.24, 2.45) is 0 Å². The van der Waals surface area contributed by atoms with E-state index in [1.807, 2.05) is 12.1 Å². The van der Waals surface area contributed by atoms with E-state index in [1.54, 1.807) is 12.1 Å². The summed E-state index contributed by atoms with van der Waals surface area (Å²) in [6.07, 6.45) is 1.56. The van der Waals surface area contributed by atoms with Gasteiger partial charge in [-0.2, -0.15) is 4.68 Å². The zero-order valence-electron chi connectivity index (χ0n) is 10.6. The van der Waals surface area contributed by atoms with Crippen molar-refractivity contribution in [3.8, 4) is 0 Å². The fourth-order valence-electron chi connectivity index (χ4n) is 2.61. The molecule has 1 aromatic carbocycles. The minimum atomic E-state index is -0.270. The van der Waals surface area contributed by atoms with Gasteiger partial charge < -0.3 is 10.0 Å². The molecule has 0 radical (unpaired) electrons. The molecule has 0 aliphatic carbocycles. The number of benzene rings is 1. The molecule has 2 atom stereocenters. The van der Waals surface area contributed by atoms with E-state index in [0.29, 0.717) is 24.1 Å². The Kier molecular flexibility index (Phi) is 3.27. The summed E-state index contributed by atoms with van der Waals surface area (Å²) in [6.45, 7) is 2.09. The number of aromatic nitrogens is 3. The van der Waals surface area contributed by atoms with Crippen molar-refractivity contribution in [3.05, 3.63) is 34.6 Å². The predicted molar refractivity (Wildman–Crippen MR) is 69.7 cm³/mol. The molecular weight excluding hydrogens is 244 g/mol. The molecule has 1 aliphatic rings. The molecule has 6 nitrogen and oxygen atoms in total. The van der Waals surface area contributed by atoms with Gasteiger partial charge >= 0.3 is 0 Å². The number of nitrogens with zero attached hydrogens (tertiary/aromatic N) is 3. The largest absolute Gasteiger partial charge is 0.387 e. The number of rotatable bonds is 2. The van der Waals surface area contributed by atoms with Crippen LogP contribution in [0.5, 0.6) is 0 Å². The molecule has 2 aromatic rings. The number of quaternary nitrogens is 1. The first-order valence-corrected chi connectivity index (χ1v) is 6.58. The summed E-state index contributed by atoms with van der Waals surface area (Å²) >= 11 is 0. The van der Waals surface area contributed by atoms with Gasteiger partial charge in [0.25, 0.3) is 5.56 Å². The summed E-state index contributed by atoms with van der Waals surface area (Å²) < 4.78 is 1.40. The molecule has 0 bridgehead atoms. The molecule has 19 heavy (non-hydrogen) atoms. The van der Waals surface area contributed by atoms with Gasteiger partial charge in [-0.05, 0) is 25.0 Å². The standard InChI is InChI=1S/C13H16N4O2/c18-10-4-3-7-16(8-10)9-17-13(19)11-5-1-2-6-12(11)14-15-17/h1-2,5-6,10,18H,3-4,7-9H2/p+1/t10-/m0/s1. The van der Waals surface area contributed by atoms with Crippen LogP contribution < -0.4 is 10.5 Å². The number of hydrogen-bond donors (Lipinski definition) is 2. The van der Waals surface area contributed by atoms with E-state index < -0.39 is 0 Å². The Balaban J connectivity index is 1.89. The summed E-state index contributed by atoms with van der Waals surface area (Å²) in [7, 11) is 0. The van der Waals surface area contributed by atoms with Crippen molar-refractivity contribution < 1.29 is 10.0 Å².